The Hall–Kier alpha value is -2.47. The number of carbonyl (C=O) groups excluding carboxylic acids is 2. The summed E-state index contributed by atoms with van der Waals surface area (Å²) >= 11 is 1.58. The molecule has 24 heavy (non-hydrogen) atoms. The lowest BCUT2D eigenvalue weighted by atomic mass is 10.1. The average Bonchev–Trinajstić information content (AvgIpc) is 3.24. The summed E-state index contributed by atoms with van der Waals surface area (Å²) in [5.41, 5.74) is 1.59. The summed E-state index contributed by atoms with van der Waals surface area (Å²) in [5.74, 6) is 1.17. The highest BCUT2D eigenvalue weighted by molar-refractivity contribution is 8.00. The highest BCUT2D eigenvalue weighted by atomic mass is 32.2. The lowest BCUT2D eigenvalue weighted by Crippen LogP contribution is -2.27. The summed E-state index contributed by atoms with van der Waals surface area (Å²) in [7, 11) is 0. The lowest BCUT2D eigenvalue weighted by Gasteiger charge is -2.23. The molecule has 0 saturated carbocycles. The van der Waals surface area contributed by atoms with E-state index in [4.69, 9.17) is 4.42 Å². The molecule has 1 saturated heterocycles. The molecule has 3 rings (SSSR count). The smallest absolute Gasteiger partial charge is 0.251 e. The van der Waals surface area contributed by atoms with Gasteiger partial charge in [-0.05, 0) is 29.8 Å². The van der Waals surface area contributed by atoms with Crippen molar-refractivity contribution in [1.29, 1.82) is 0 Å². The minimum atomic E-state index is -0.135. The van der Waals surface area contributed by atoms with Gasteiger partial charge in [0.15, 0.2) is 0 Å². The molecule has 1 N–H and O–H groups in total. The number of hydrogen-bond acceptors (Lipinski definition) is 4. The third-order valence-corrected chi connectivity index (χ3v) is 5.00. The van der Waals surface area contributed by atoms with Crippen LogP contribution in [-0.2, 0) is 11.3 Å². The SMILES string of the molecule is C=CCNC(=O)c1ccc([C@H]2SCC(=O)N2Cc2ccco2)cc1. The fraction of sp³-hybridized carbons (Fsp3) is 0.222. The van der Waals surface area contributed by atoms with Crippen LogP contribution in [-0.4, -0.2) is 29.0 Å². The standard InChI is InChI=1S/C18H18N2O3S/c1-2-9-19-17(22)13-5-7-14(8-6-13)18-20(16(21)12-24-18)11-15-4-3-10-23-15/h2-8,10,18H,1,9,11-12H2,(H,19,22)/t18-/m1/s1. The highest BCUT2D eigenvalue weighted by Crippen LogP contribution is 2.39. The lowest BCUT2D eigenvalue weighted by molar-refractivity contribution is -0.128. The van der Waals surface area contributed by atoms with Gasteiger partial charge in [0.25, 0.3) is 5.91 Å². The summed E-state index contributed by atoms with van der Waals surface area (Å²) in [4.78, 5) is 25.9. The maximum atomic E-state index is 12.2. The molecule has 0 spiro atoms. The second-order valence-corrected chi connectivity index (χ2v) is 6.45. The van der Waals surface area contributed by atoms with Gasteiger partial charge in [-0.15, -0.1) is 18.3 Å². The Labute approximate surface area is 144 Å². The van der Waals surface area contributed by atoms with Crippen LogP contribution in [0.25, 0.3) is 0 Å². The van der Waals surface area contributed by atoms with Gasteiger partial charge in [-0.3, -0.25) is 9.59 Å². The van der Waals surface area contributed by atoms with E-state index < -0.39 is 0 Å². The summed E-state index contributed by atoms with van der Waals surface area (Å²) in [6, 6.07) is 11.0. The first kappa shape index (κ1) is 16.4. The van der Waals surface area contributed by atoms with E-state index in [1.54, 1.807) is 41.1 Å². The number of hydrogen-bond donors (Lipinski definition) is 1. The zero-order chi connectivity index (χ0) is 16.9. The van der Waals surface area contributed by atoms with E-state index >= 15 is 0 Å². The van der Waals surface area contributed by atoms with E-state index in [0.717, 1.165) is 11.3 Å². The first-order chi connectivity index (χ1) is 11.7. The Morgan fingerprint density at radius 1 is 1.38 bits per heavy atom. The number of nitrogens with one attached hydrogen (secondary N) is 1. The van der Waals surface area contributed by atoms with Crippen molar-refractivity contribution < 1.29 is 14.0 Å². The topological polar surface area (TPSA) is 62.6 Å². The number of carbonyl (C=O) groups is 2. The number of nitrogens with zero attached hydrogens (tertiary/aromatic N) is 1. The molecule has 124 valence electrons. The third-order valence-electron chi connectivity index (χ3n) is 3.74. The number of amides is 2. The number of thioether (sulfide) groups is 1. The largest absolute Gasteiger partial charge is 0.467 e. The third kappa shape index (κ3) is 3.54. The molecule has 1 aromatic carbocycles. The van der Waals surface area contributed by atoms with Gasteiger partial charge in [0.05, 0.1) is 18.6 Å². The predicted octanol–water partition coefficient (Wildman–Crippen LogP) is 2.97. The molecule has 2 heterocycles. The van der Waals surface area contributed by atoms with Crippen molar-refractivity contribution in [3.05, 3.63) is 72.2 Å². The summed E-state index contributed by atoms with van der Waals surface area (Å²) in [5, 5.41) is 2.68. The molecule has 1 fully saturated rings. The molecule has 2 aromatic rings. The zero-order valence-electron chi connectivity index (χ0n) is 13.1. The van der Waals surface area contributed by atoms with E-state index in [1.165, 1.54) is 0 Å². The molecule has 2 amide bonds. The molecule has 6 heteroatoms. The van der Waals surface area contributed by atoms with E-state index in [0.29, 0.717) is 24.4 Å². The molecule has 0 radical (unpaired) electrons. The quantitative estimate of drug-likeness (QED) is 0.820. The van der Waals surface area contributed by atoms with E-state index in [-0.39, 0.29) is 17.2 Å². The Morgan fingerprint density at radius 3 is 2.83 bits per heavy atom. The first-order valence-electron chi connectivity index (χ1n) is 7.61. The van der Waals surface area contributed by atoms with Crippen molar-refractivity contribution >= 4 is 23.6 Å². The molecule has 0 unspecified atom stereocenters. The van der Waals surface area contributed by atoms with Crippen molar-refractivity contribution in [2.75, 3.05) is 12.3 Å². The van der Waals surface area contributed by atoms with Crippen LogP contribution in [0, 0.1) is 0 Å². The second kappa shape index (κ2) is 7.40. The van der Waals surface area contributed by atoms with Crippen LogP contribution < -0.4 is 5.32 Å². The van der Waals surface area contributed by atoms with Gasteiger partial charge in [-0.25, -0.2) is 0 Å². The molecule has 0 aliphatic carbocycles. The Morgan fingerprint density at radius 2 is 2.17 bits per heavy atom. The van der Waals surface area contributed by atoms with Crippen LogP contribution in [0.1, 0.15) is 27.1 Å². The van der Waals surface area contributed by atoms with Crippen LogP contribution in [0.3, 0.4) is 0 Å². The van der Waals surface area contributed by atoms with Crippen molar-refractivity contribution in [2.24, 2.45) is 0 Å². The van der Waals surface area contributed by atoms with Gasteiger partial charge in [-0.2, -0.15) is 0 Å². The molecule has 1 aliphatic heterocycles. The van der Waals surface area contributed by atoms with Crippen molar-refractivity contribution in [3.8, 4) is 0 Å². The van der Waals surface area contributed by atoms with Crippen molar-refractivity contribution in [2.45, 2.75) is 11.9 Å². The highest BCUT2D eigenvalue weighted by Gasteiger charge is 2.33. The maximum absolute atomic E-state index is 12.2. The van der Waals surface area contributed by atoms with Gasteiger partial charge < -0.3 is 14.6 Å². The molecule has 1 atom stereocenters. The summed E-state index contributed by atoms with van der Waals surface area (Å²) in [6.07, 6.45) is 3.24. The fourth-order valence-electron chi connectivity index (χ4n) is 2.54. The Kier molecular flexibility index (Phi) is 5.05. The van der Waals surface area contributed by atoms with Crippen LogP contribution >= 0.6 is 11.8 Å². The van der Waals surface area contributed by atoms with Crippen LogP contribution in [0.15, 0.2) is 59.7 Å². The maximum Gasteiger partial charge on any atom is 0.251 e. The summed E-state index contributed by atoms with van der Waals surface area (Å²) < 4.78 is 5.35. The normalized spacial score (nSPS) is 17.1. The first-order valence-corrected chi connectivity index (χ1v) is 8.66. The Bertz CT molecular complexity index is 725. The van der Waals surface area contributed by atoms with E-state index in [2.05, 4.69) is 11.9 Å². The Balaban J connectivity index is 1.73. The summed E-state index contributed by atoms with van der Waals surface area (Å²) in [6.45, 7) is 4.46. The number of benzene rings is 1. The minimum Gasteiger partial charge on any atom is -0.467 e. The molecule has 1 aromatic heterocycles. The van der Waals surface area contributed by atoms with E-state index in [9.17, 15) is 9.59 Å². The van der Waals surface area contributed by atoms with Gasteiger partial charge in [0.1, 0.15) is 11.1 Å². The molecular weight excluding hydrogens is 324 g/mol. The average molecular weight is 342 g/mol. The number of rotatable bonds is 6. The van der Waals surface area contributed by atoms with E-state index in [1.807, 2.05) is 24.3 Å². The fourth-order valence-corrected chi connectivity index (χ4v) is 3.73. The monoisotopic (exact) mass is 342 g/mol. The zero-order valence-corrected chi connectivity index (χ0v) is 13.9. The van der Waals surface area contributed by atoms with Crippen LogP contribution in [0.2, 0.25) is 0 Å². The van der Waals surface area contributed by atoms with Crippen LogP contribution in [0.4, 0.5) is 0 Å². The van der Waals surface area contributed by atoms with Crippen molar-refractivity contribution in [3.63, 3.8) is 0 Å². The van der Waals surface area contributed by atoms with Gasteiger partial charge in [-0.1, -0.05) is 18.2 Å². The molecule has 1 aliphatic rings. The van der Waals surface area contributed by atoms with Gasteiger partial charge >= 0.3 is 0 Å². The minimum absolute atomic E-state index is 0.0621. The predicted molar refractivity (Wildman–Crippen MR) is 93.4 cm³/mol. The van der Waals surface area contributed by atoms with Crippen LogP contribution in [0.5, 0.6) is 0 Å². The molecular formula is C18H18N2O3S. The number of furan rings is 1. The van der Waals surface area contributed by atoms with Gasteiger partial charge in [0.2, 0.25) is 5.91 Å². The van der Waals surface area contributed by atoms with Crippen molar-refractivity contribution in [1.82, 2.24) is 10.2 Å². The molecule has 0 bridgehead atoms. The van der Waals surface area contributed by atoms with Gasteiger partial charge in [0, 0.05) is 12.1 Å². The molecule has 5 nitrogen and oxygen atoms in total. The second-order valence-electron chi connectivity index (χ2n) is 5.39.